The van der Waals surface area contributed by atoms with Crippen LogP contribution in [0.1, 0.15) is 74.9 Å². The Bertz CT molecular complexity index is 1460. The van der Waals surface area contributed by atoms with Crippen molar-refractivity contribution in [2.24, 2.45) is 5.92 Å². The van der Waals surface area contributed by atoms with Crippen molar-refractivity contribution in [2.45, 2.75) is 77.7 Å². The number of rotatable bonds is 10. The highest BCUT2D eigenvalue weighted by atomic mass is 16.6. The molecule has 9 heteroatoms. The largest absolute Gasteiger partial charge is 0.460 e. The summed E-state index contributed by atoms with van der Waals surface area (Å²) in [5.41, 5.74) is 6.31. The van der Waals surface area contributed by atoms with Crippen LogP contribution in [0.15, 0.2) is 42.6 Å². The summed E-state index contributed by atoms with van der Waals surface area (Å²) in [4.78, 5) is 23.2. The van der Waals surface area contributed by atoms with Gasteiger partial charge in [-0.05, 0) is 114 Å². The number of carbonyl (C=O) groups is 1. The number of esters is 1. The number of fused-ring (bicyclic) bond motifs is 1. The minimum atomic E-state index is -0.520. The summed E-state index contributed by atoms with van der Waals surface area (Å²) in [6, 6.07) is 13.2. The van der Waals surface area contributed by atoms with Gasteiger partial charge in [-0.3, -0.25) is 4.79 Å². The Morgan fingerprint density at radius 3 is 2.71 bits per heavy atom. The van der Waals surface area contributed by atoms with Crippen LogP contribution in [0.2, 0.25) is 0 Å². The number of hydrogen-bond acceptors (Lipinski definition) is 8. The summed E-state index contributed by atoms with van der Waals surface area (Å²) in [6.45, 7) is 14.9. The summed E-state index contributed by atoms with van der Waals surface area (Å²) in [5, 5.41) is 8.19. The molecule has 0 bridgehead atoms. The maximum absolute atomic E-state index is 13.3. The van der Waals surface area contributed by atoms with E-state index in [1.807, 2.05) is 44.6 Å². The quantitative estimate of drug-likeness (QED) is 0.298. The van der Waals surface area contributed by atoms with Crippen molar-refractivity contribution in [3.8, 4) is 5.69 Å². The molecule has 2 unspecified atom stereocenters. The van der Waals surface area contributed by atoms with E-state index in [9.17, 15) is 4.79 Å². The van der Waals surface area contributed by atoms with Crippen molar-refractivity contribution in [2.75, 3.05) is 62.7 Å². The van der Waals surface area contributed by atoms with Gasteiger partial charge in [0.15, 0.2) is 0 Å². The second kappa shape index (κ2) is 13.9. The first kappa shape index (κ1) is 31.5. The van der Waals surface area contributed by atoms with Gasteiger partial charge in [-0.25, -0.2) is 9.67 Å². The van der Waals surface area contributed by atoms with Crippen molar-refractivity contribution < 1.29 is 14.3 Å². The van der Waals surface area contributed by atoms with Crippen LogP contribution in [0.5, 0.6) is 0 Å². The first-order valence-electron chi connectivity index (χ1n) is 16.9. The summed E-state index contributed by atoms with van der Waals surface area (Å²) in [7, 11) is 0. The van der Waals surface area contributed by atoms with Gasteiger partial charge in [0.25, 0.3) is 0 Å². The summed E-state index contributed by atoms with van der Waals surface area (Å²) < 4.78 is 13.5. The molecule has 0 radical (unpaired) electrons. The number of morpholine rings is 1. The number of nitrogens with one attached hydrogen (secondary N) is 1. The Hall–Kier alpha value is -3.43. The molecule has 1 aromatic carbocycles. The molecule has 45 heavy (non-hydrogen) atoms. The van der Waals surface area contributed by atoms with Crippen molar-refractivity contribution in [3.63, 3.8) is 0 Å². The van der Waals surface area contributed by atoms with Crippen LogP contribution in [-0.2, 0) is 27.1 Å². The van der Waals surface area contributed by atoms with Crippen molar-refractivity contribution in [3.05, 3.63) is 65.1 Å². The van der Waals surface area contributed by atoms with Crippen LogP contribution in [0.25, 0.3) is 5.69 Å². The number of benzene rings is 1. The molecule has 1 N–H and O–H groups in total. The standard InChI is InChI=1S/C36H50N6O3/c1-26-11-15-42(39-26)33-21-29(20-32(23-33)41-16-18-44-19-17-41)30(22-34(43)45-36(2,3)4)25-40-14-12-27(24-40)7-9-31-10-8-28-6-5-13-37-35(28)38-31/h8,10-11,15,20-21,23,27,30H,5-7,9,12-14,16-19,22,24-25H2,1-4H3,(H,37,38). The molecule has 242 valence electrons. The highest BCUT2D eigenvalue weighted by molar-refractivity contribution is 5.71. The van der Waals surface area contributed by atoms with E-state index in [2.05, 4.69) is 45.4 Å². The molecular formula is C36H50N6O3. The van der Waals surface area contributed by atoms with E-state index in [0.29, 0.717) is 25.6 Å². The lowest BCUT2D eigenvalue weighted by Gasteiger charge is -2.31. The molecular weight excluding hydrogens is 564 g/mol. The second-order valence-electron chi connectivity index (χ2n) is 14.1. The number of ether oxygens (including phenoxy) is 2. The highest BCUT2D eigenvalue weighted by Gasteiger charge is 2.29. The number of anilines is 2. The van der Waals surface area contributed by atoms with Crippen LogP contribution in [0.3, 0.4) is 0 Å². The molecule has 0 saturated carbocycles. The predicted octanol–water partition coefficient (Wildman–Crippen LogP) is 5.54. The highest BCUT2D eigenvalue weighted by Crippen LogP contribution is 2.32. The minimum absolute atomic E-state index is 0.00314. The Kier molecular flexibility index (Phi) is 9.75. The van der Waals surface area contributed by atoms with Gasteiger partial charge in [0.1, 0.15) is 11.4 Å². The fraction of sp³-hybridized carbons (Fsp3) is 0.583. The zero-order chi connectivity index (χ0) is 31.4. The number of hydrogen-bond donors (Lipinski definition) is 1. The number of likely N-dealkylation sites (tertiary alicyclic amines) is 1. The molecule has 2 saturated heterocycles. The third-order valence-corrected chi connectivity index (χ3v) is 9.20. The molecule has 2 aromatic heterocycles. The summed E-state index contributed by atoms with van der Waals surface area (Å²) in [6.07, 6.45) is 7.97. The number of pyridine rings is 1. The Morgan fingerprint density at radius 2 is 1.93 bits per heavy atom. The van der Waals surface area contributed by atoms with Gasteiger partial charge in [-0.2, -0.15) is 5.10 Å². The fourth-order valence-electron chi connectivity index (χ4n) is 6.91. The number of carbonyl (C=O) groups excluding carboxylic acids is 1. The lowest BCUT2D eigenvalue weighted by Crippen LogP contribution is -2.36. The molecule has 9 nitrogen and oxygen atoms in total. The average Bonchev–Trinajstić information content (AvgIpc) is 3.67. The second-order valence-corrected chi connectivity index (χ2v) is 14.1. The molecule has 0 aliphatic carbocycles. The smallest absolute Gasteiger partial charge is 0.306 e. The zero-order valence-electron chi connectivity index (χ0n) is 27.6. The first-order chi connectivity index (χ1) is 21.7. The van der Waals surface area contributed by atoms with Gasteiger partial charge in [0.2, 0.25) is 0 Å². The molecule has 2 atom stereocenters. The molecule has 5 heterocycles. The van der Waals surface area contributed by atoms with Gasteiger partial charge in [-0.15, -0.1) is 0 Å². The third-order valence-electron chi connectivity index (χ3n) is 9.20. The van der Waals surface area contributed by atoms with Crippen molar-refractivity contribution in [1.82, 2.24) is 19.7 Å². The van der Waals surface area contributed by atoms with Crippen LogP contribution in [0, 0.1) is 12.8 Å². The molecule has 3 aliphatic rings. The lowest BCUT2D eigenvalue weighted by molar-refractivity contribution is -0.155. The van der Waals surface area contributed by atoms with Crippen molar-refractivity contribution in [1.29, 1.82) is 0 Å². The third kappa shape index (κ3) is 8.44. The van der Waals surface area contributed by atoms with E-state index in [1.54, 1.807) is 0 Å². The maximum atomic E-state index is 13.3. The number of aryl methyl sites for hydroxylation is 3. The van der Waals surface area contributed by atoms with Gasteiger partial charge >= 0.3 is 5.97 Å². The van der Waals surface area contributed by atoms with Gasteiger partial charge < -0.3 is 24.6 Å². The zero-order valence-corrected chi connectivity index (χ0v) is 27.6. The van der Waals surface area contributed by atoms with Crippen LogP contribution >= 0.6 is 0 Å². The normalized spacial score (nSPS) is 19.6. The van der Waals surface area contributed by atoms with Crippen LogP contribution in [-0.4, -0.2) is 83.7 Å². The number of nitrogens with zero attached hydrogens (tertiary/aromatic N) is 5. The molecule has 6 rings (SSSR count). The molecule has 3 aromatic rings. The Balaban J connectivity index is 1.19. The SMILES string of the molecule is Cc1ccn(-c2cc(C(CC(=O)OC(C)(C)C)CN3CCC(CCc4ccc5c(n4)NCCC5)C3)cc(N3CCOCC3)c2)n1. The minimum Gasteiger partial charge on any atom is -0.460 e. The molecule has 0 amide bonds. The maximum Gasteiger partial charge on any atom is 0.306 e. The van der Waals surface area contributed by atoms with Crippen LogP contribution in [0.4, 0.5) is 11.5 Å². The topological polar surface area (TPSA) is 84.8 Å². The molecule has 0 spiro atoms. The van der Waals surface area contributed by atoms with E-state index in [1.165, 1.54) is 24.1 Å². The Morgan fingerprint density at radius 1 is 1.11 bits per heavy atom. The van der Waals surface area contributed by atoms with E-state index in [-0.39, 0.29) is 11.9 Å². The predicted molar refractivity (Wildman–Crippen MR) is 178 cm³/mol. The van der Waals surface area contributed by atoms with E-state index in [4.69, 9.17) is 19.6 Å². The first-order valence-corrected chi connectivity index (χ1v) is 16.9. The average molecular weight is 615 g/mol. The van der Waals surface area contributed by atoms with E-state index in [0.717, 1.165) is 87.0 Å². The van der Waals surface area contributed by atoms with Gasteiger partial charge in [-0.1, -0.05) is 6.07 Å². The van der Waals surface area contributed by atoms with E-state index >= 15 is 0 Å². The Labute approximate surface area is 268 Å². The van der Waals surface area contributed by atoms with Crippen LogP contribution < -0.4 is 10.2 Å². The van der Waals surface area contributed by atoms with Gasteiger partial charge in [0.05, 0.1) is 31.0 Å². The fourth-order valence-corrected chi connectivity index (χ4v) is 6.91. The van der Waals surface area contributed by atoms with Crippen molar-refractivity contribution >= 4 is 17.5 Å². The molecule has 3 aliphatic heterocycles. The lowest BCUT2D eigenvalue weighted by atomic mass is 9.93. The summed E-state index contributed by atoms with van der Waals surface area (Å²) in [5.74, 6) is 1.56. The molecule has 2 fully saturated rings. The number of aromatic nitrogens is 3. The van der Waals surface area contributed by atoms with Gasteiger partial charge in [0, 0.05) is 56.2 Å². The summed E-state index contributed by atoms with van der Waals surface area (Å²) >= 11 is 0. The monoisotopic (exact) mass is 614 g/mol. The van der Waals surface area contributed by atoms with E-state index < -0.39 is 5.60 Å².